The minimum Gasteiger partial charge on any atom is -0.397 e. The molecular weight excluding hydrogens is 210 g/mol. The average Bonchev–Trinajstić information content (AvgIpc) is 2.37. The van der Waals surface area contributed by atoms with Crippen molar-refractivity contribution in [1.29, 1.82) is 0 Å². The van der Waals surface area contributed by atoms with Crippen molar-refractivity contribution in [2.45, 2.75) is 39.0 Å². The van der Waals surface area contributed by atoms with Gasteiger partial charge in [-0.3, -0.25) is 4.98 Å². The highest BCUT2D eigenvalue weighted by molar-refractivity contribution is 5.51. The van der Waals surface area contributed by atoms with Gasteiger partial charge in [0.25, 0.3) is 0 Å². The molecule has 0 spiro atoms. The van der Waals surface area contributed by atoms with Crippen LogP contribution in [0.4, 0.5) is 11.4 Å². The zero-order chi connectivity index (χ0) is 12.1. The molecule has 0 unspecified atom stereocenters. The summed E-state index contributed by atoms with van der Waals surface area (Å²) in [5.41, 5.74) is 7.47. The van der Waals surface area contributed by atoms with E-state index in [1.165, 1.54) is 32.1 Å². The van der Waals surface area contributed by atoms with Crippen molar-refractivity contribution in [1.82, 2.24) is 4.98 Å². The van der Waals surface area contributed by atoms with E-state index in [4.69, 9.17) is 5.73 Å². The summed E-state index contributed by atoms with van der Waals surface area (Å²) < 4.78 is 0. The van der Waals surface area contributed by atoms with E-state index in [-0.39, 0.29) is 0 Å². The molecule has 1 aliphatic carbocycles. The predicted molar refractivity (Wildman–Crippen MR) is 72.9 cm³/mol. The molecule has 1 saturated carbocycles. The molecule has 94 valence electrons. The number of hydrogen-bond acceptors (Lipinski definition) is 3. The van der Waals surface area contributed by atoms with E-state index in [0.717, 1.165) is 29.8 Å². The molecule has 0 saturated heterocycles. The van der Waals surface area contributed by atoms with Gasteiger partial charge in [-0.05, 0) is 30.7 Å². The third-order valence-corrected chi connectivity index (χ3v) is 3.90. The van der Waals surface area contributed by atoms with Crippen LogP contribution in [0.2, 0.25) is 0 Å². The van der Waals surface area contributed by atoms with Gasteiger partial charge in [0, 0.05) is 12.7 Å². The van der Waals surface area contributed by atoms with E-state index >= 15 is 0 Å². The summed E-state index contributed by atoms with van der Waals surface area (Å²) in [5.74, 6) is 1.79. The van der Waals surface area contributed by atoms with Crippen molar-refractivity contribution in [2.24, 2.45) is 11.8 Å². The molecule has 1 fully saturated rings. The fourth-order valence-corrected chi connectivity index (χ4v) is 2.66. The summed E-state index contributed by atoms with van der Waals surface area (Å²) >= 11 is 0. The van der Waals surface area contributed by atoms with Crippen molar-refractivity contribution in [3.8, 4) is 0 Å². The predicted octanol–water partition coefficient (Wildman–Crippen LogP) is 3.29. The van der Waals surface area contributed by atoms with Crippen LogP contribution < -0.4 is 11.1 Å². The maximum atomic E-state index is 5.70. The van der Waals surface area contributed by atoms with Crippen LogP contribution in [0.1, 0.15) is 39.0 Å². The second-order valence-corrected chi connectivity index (χ2v) is 5.18. The molecule has 0 radical (unpaired) electrons. The Bertz CT molecular complexity index is 343. The number of rotatable bonds is 4. The molecule has 1 aliphatic rings. The molecule has 17 heavy (non-hydrogen) atoms. The Hall–Kier alpha value is -1.25. The van der Waals surface area contributed by atoms with E-state index in [1.54, 1.807) is 6.20 Å². The summed E-state index contributed by atoms with van der Waals surface area (Å²) in [5, 5.41) is 3.45. The van der Waals surface area contributed by atoms with Crippen LogP contribution in [0.25, 0.3) is 0 Å². The maximum absolute atomic E-state index is 5.70. The monoisotopic (exact) mass is 233 g/mol. The van der Waals surface area contributed by atoms with Gasteiger partial charge >= 0.3 is 0 Å². The lowest BCUT2D eigenvalue weighted by molar-refractivity contribution is 0.278. The van der Waals surface area contributed by atoms with Crippen molar-refractivity contribution in [2.75, 3.05) is 17.6 Å². The molecule has 0 aromatic carbocycles. The third kappa shape index (κ3) is 3.62. The van der Waals surface area contributed by atoms with Crippen molar-refractivity contribution in [3.05, 3.63) is 18.5 Å². The largest absolute Gasteiger partial charge is 0.397 e. The summed E-state index contributed by atoms with van der Waals surface area (Å²) in [4.78, 5) is 4.09. The lowest BCUT2D eigenvalue weighted by Crippen LogP contribution is -2.21. The van der Waals surface area contributed by atoms with Gasteiger partial charge in [-0.25, -0.2) is 0 Å². The first-order valence-electron chi connectivity index (χ1n) is 6.72. The first kappa shape index (κ1) is 12.2. The molecule has 1 aromatic rings. The van der Waals surface area contributed by atoms with E-state index in [9.17, 15) is 0 Å². The summed E-state index contributed by atoms with van der Waals surface area (Å²) in [6.45, 7) is 3.36. The molecule has 0 aliphatic heterocycles. The number of nitrogens with one attached hydrogen (secondary N) is 1. The fourth-order valence-electron chi connectivity index (χ4n) is 2.66. The number of nitrogens with zero attached hydrogens (tertiary/aromatic N) is 1. The lowest BCUT2D eigenvalue weighted by Gasteiger charge is -2.28. The van der Waals surface area contributed by atoms with Gasteiger partial charge in [0.1, 0.15) is 0 Å². The standard InChI is InChI=1S/C14H23N3/c1-2-11-3-5-12(6-4-11)8-17-14-7-13(15)9-16-10-14/h7,9-12,17H,2-6,8,15H2,1H3. The van der Waals surface area contributed by atoms with E-state index in [1.807, 2.05) is 12.3 Å². The molecule has 0 bridgehead atoms. The number of anilines is 2. The van der Waals surface area contributed by atoms with Crippen LogP contribution in [0, 0.1) is 11.8 Å². The topological polar surface area (TPSA) is 50.9 Å². The Balaban J connectivity index is 1.76. The Morgan fingerprint density at radius 3 is 2.59 bits per heavy atom. The molecule has 2 rings (SSSR count). The van der Waals surface area contributed by atoms with E-state index in [2.05, 4.69) is 17.2 Å². The number of hydrogen-bond donors (Lipinski definition) is 2. The second kappa shape index (κ2) is 5.89. The highest BCUT2D eigenvalue weighted by atomic mass is 14.9. The van der Waals surface area contributed by atoms with E-state index < -0.39 is 0 Å². The van der Waals surface area contributed by atoms with Crippen LogP contribution in [0.5, 0.6) is 0 Å². The summed E-state index contributed by atoms with van der Waals surface area (Å²) in [6.07, 6.45) is 10.4. The quantitative estimate of drug-likeness (QED) is 0.839. The van der Waals surface area contributed by atoms with Crippen LogP contribution in [0.15, 0.2) is 18.5 Å². The van der Waals surface area contributed by atoms with Gasteiger partial charge in [0.15, 0.2) is 0 Å². The van der Waals surface area contributed by atoms with Gasteiger partial charge in [-0.1, -0.05) is 26.2 Å². The number of pyridine rings is 1. The van der Waals surface area contributed by atoms with Gasteiger partial charge in [0.2, 0.25) is 0 Å². The number of nitrogens with two attached hydrogens (primary N) is 1. The smallest absolute Gasteiger partial charge is 0.0547 e. The summed E-state index contributed by atoms with van der Waals surface area (Å²) in [6, 6.07) is 1.95. The Labute approximate surface area is 104 Å². The van der Waals surface area contributed by atoms with Crippen LogP contribution in [0.3, 0.4) is 0 Å². The summed E-state index contributed by atoms with van der Waals surface area (Å²) in [7, 11) is 0. The number of nitrogen functional groups attached to an aromatic ring is 1. The molecular formula is C14H23N3. The normalized spacial score (nSPS) is 24.5. The van der Waals surface area contributed by atoms with Crippen molar-refractivity contribution >= 4 is 11.4 Å². The highest BCUT2D eigenvalue weighted by Gasteiger charge is 2.19. The lowest BCUT2D eigenvalue weighted by atomic mass is 9.81. The minimum atomic E-state index is 0.727. The van der Waals surface area contributed by atoms with Crippen molar-refractivity contribution < 1.29 is 0 Å². The van der Waals surface area contributed by atoms with Crippen molar-refractivity contribution in [3.63, 3.8) is 0 Å². The molecule has 3 heteroatoms. The number of aromatic nitrogens is 1. The molecule has 3 N–H and O–H groups in total. The molecule has 1 heterocycles. The zero-order valence-corrected chi connectivity index (χ0v) is 10.7. The van der Waals surface area contributed by atoms with Crippen LogP contribution >= 0.6 is 0 Å². The Kier molecular flexibility index (Phi) is 4.24. The zero-order valence-electron chi connectivity index (χ0n) is 10.7. The van der Waals surface area contributed by atoms with Gasteiger partial charge in [0.05, 0.1) is 17.6 Å². The Morgan fingerprint density at radius 1 is 1.24 bits per heavy atom. The maximum Gasteiger partial charge on any atom is 0.0547 e. The fraction of sp³-hybridized carbons (Fsp3) is 0.643. The molecule has 1 aromatic heterocycles. The third-order valence-electron chi connectivity index (χ3n) is 3.90. The van der Waals surface area contributed by atoms with Gasteiger partial charge < -0.3 is 11.1 Å². The molecule has 0 amide bonds. The highest BCUT2D eigenvalue weighted by Crippen LogP contribution is 2.30. The van der Waals surface area contributed by atoms with Crippen LogP contribution in [-0.4, -0.2) is 11.5 Å². The van der Waals surface area contributed by atoms with Gasteiger partial charge in [-0.2, -0.15) is 0 Å². The molecule has 0 atom stereocenters. The molecule has 3 nitrogen and oxygen atoms in total. The van der Waals surface area contributed by atoms with E-state index in [0.29, 0.717) is 0 Å². The minimum absolute atomic E-state index is 0.727. The first-order valence-corrected chi connectivity index (χ1v) is 6.72. The van der Waals surface area contributed by atoms with Crippen LogP contribution in [-0.2, 0) is 0 Å². The van der Waals surface area contributed by atoms with Gasteiger partial charge in [-0.15, -0.1) is 0 Å². The first-order chi connectivity index (χ1) is 8.28. The second-order valence-electron chi connectivity index (χ2n) is 5.18. The average molecular weight is 233 g/mol. The SMILES string of the molecule is CCC1CCC(CNc2cncc(N)c2)CC1. The Morgan fingerprint density at radius 2 is 1.94 bits per heavy atom.